The smallest absolute Gasteiger partial charge is 0.262 e. The van der Waals surface area contributed by atoms with Gasteiger partial charge in [-0.3, -0.25) is 20.4 Å². The second-order valence-corrected chi connectivity index (χ2v) is 6.84. The number of carbonyl (C=O) groups excluding carboxylic acids is 2. The molecule has 3 aromatic rings. The van der Waals surface area contributed by atoms with Crippen molar-refractivity contribution in [2.24, 2.45) is 0 Å². The number of benzene rings is 2. The van der Waals surface area contributed by atoms with Gasteiger partial charge in [0.25, 0.3) is 5.91 Å². The summed E-state index contributed by atoms with van der Waals surface area (Å²) in [6, 6.07) is 13.3. The first kappa shape index (κ1) is 19.6. The van der Waals surface area contributed by atoms with E-state index in [1.165, 1.54) is 36.8 Å². The molecule has 2 amide bonds. The number of nitrogens with one attached hydrogen (secondary N) is 2. The summed E-state index contributed by atoms with van der Waals surface area (Å²) in [7, 11) is 0. The molecule has 1 heterocycles. The predicted octanol–water partition coefficient (Wildman–Crippen LogP) is 4.25. The Morgan fingerprint density at radius 1 is 1.11 bits per heavy atom. The van der Waals surface area contributed by atoms with E-state index < -0.39 is 11.7 Å². The molecule has 0 radical (unpaired) electrons. The lowest BCUT2D eigenvalue weighted by atomic mass is 10.0. The van der Waals surface area contributed by atoms with Crippen molar-refractivity contribution in [1.82, 2.24) is 10.9 Å². The van der Waals surface area contributed by atoms with Gasteiger partial charge in [0.1, 0.15) is 5.82 Å². The average molecular weight is 443 g/mol. The Morgan fingerprint density at radius 2 is 1.96 bits per heavy atom. The first-order chi connectivity index (χ1) is 13.5. The van der Waals surface area contributed by atoms with Gasteiger partial charge in [-0.2, -0.15) is 0 Å². The van der Waals surface area contributed by atoms with Crippen LogP contribution in [0.1, 0.15) is 11.1 Å². The van der Waals surface area contributed by atoms with Gasteiger partial charge in [0, 0.05) is 16.1 Å². The fourth-order valence-electron chi connectivity index (χ4n) is 2.56. The van der Waals surface area contributed by atoms with Crippen LogP contribution in [0.25, 0.3) is 17.2 Å². The third-order valence-corrected chi connectivity index (χ3v) is 4.33. The minimum atomic E-state index is -0.509. The standard InChI is InChI=1S/C21H16BrFN2O3/c22-17-3-1-2-14(10-17)11-21(27)25-24-20(26)7-5-15-4-6-18(23)12-19(15)16-8-9-28-13-16/h1-10,12-13H,11H2,(H,24,26)(H,25,27)/b7-5+. The number of hydrogen-bond acceptors (Lipinski definition) is 3. The van der Waals surface area contributed by atoms with E-state index in [-0.39, 0.29) is 12.3 Å². The molecule has 142 valence electrons. The number of rotatable bonds is 5. The molecule has 1 aromatic heterocycles. The summed E-state index contributed by atoms with van der Waals surface area (Å²) in [5.41, 5.74) is 7.42. The molecule has 0 atom stereocenters. The van der Waals surface area contributed by atoms with Crippen molar-refractivity contribution >= 4 is 33.8 Å². The highest BCUT2D eigenvalue weighted by Crippen LogP contribution is 2.26. The van der Waals surface area contributed by atoms with Gasteiger partial charge >= 0.3 is 0 Å². The van der Waals surface area contributed by atoms with E-state index in [1.54, 1.807) is 12.1 Å². The van der Waals surface area contributed by atoms with Crippen molar-refractivity contribution in [3.63, 3.8) is 0 Å². The van der Waals surface area contributed by atoms with Crippen molar-refractivity contribution in [1.29, 1.82) is 0 Å². The van der Waals surface area contributed by atoms with Gasteiger partial charge in [0.2, 0.25) is 5.91 Å². The molecule has 0 unspecified atom stereocenters. The molecule has 0 saturated heterocycles. The molecule has 0 fully saturated rings. The summed E-state index contributed by atoms with van der Waals surface area (Å²) in [5, 5.41) is 0. The Balaban J connectivity index is 1.59. The summed E-state index contributed by atoms with van der Waals surface area (Å²) in [5.74, 6) is -1.25. The molecule has 0 saturated carbocycles. The second-order valence-electron chi connectivity index (χ2n) is 5.92. The number of furan rings is 1. The maximum Gasteiger partial charge on any atom is 0.262 e. The van der Waals surface area contributed by atoms with Crippen LogP contribution in [0, 0.1) is 5.82 Å². The van der Waals surface area contributed by atoms with E-state index in [4.69, 9.17) is 4.42 Å². The summed E-state index contributed by atoms with van der Waals surface area (Å²) in [4.78, 5) is 23.9. The molecule has 2 N–H and O–H groups in total. The van der Waals surface area contributed by atoms with E-state index in [2.05, 4.69) is 26.8 Å². The molecule has 5 nitrogen and oxygen atoms in total. The first-order valence-corrected chi connectivity index (χ1v) is 9.14. The number of hydrazine groups is 1. The van der Waals surface area contributed by atoms with Gasteiger partial charge in [-0.05, 0) is 53.1 Å². The minimum absolute atomic E-state index is 0.131. The summed E-state index contributed by atoms with van der Waals surface area (Å²) >= 11 is 3.34. The van der Waals surface area contributed by atoms with Crippen LogP contribution in [-0.4, -0.2) is 11.8 Å². The van der Waals surface area contributed by atoms with Crippen LogP contribution in [0.3, 0.4) is 0 Å². The van der Waals surface area contributed by atoms with Crippen molar-refractivity contribution < 1.29 is 18.4 Å². The van der Waals surface area contributed by atoms with E-state index in [0.717, 1.165) is 10.0 Å². The van der Waals surface area contributed by atoms with Crippen molar-refractivity contribution in [3.8, 4) is 11.1 Å². The third-order valence-electron chi connectivity index (χ3n) is 3.84. The summed E-state index contributed by atoms with van der Waals surface area (Å²) < 4.78 is 19.5. The number of hydrogen-bond donors (Lipinski definition) is 2. The van der Waals surface area contributed by atoms with Crippen LogP contribution >= 0.6 is 15.9 Å². The van der Waals surface area contributed by atoms with Crippen LogP contribution in [0.4, 0.5) is 4.39 Å². The van der Waals surface area contributed by atoms with Crippen LogP contribution in [0.5, 0.6) is 0 Å². The van der Waals surface area contributed by atoms with Crippen LogP contribution in [0.15, 0.2) is 76.0 Å². The molecule has 0 aliphatic carbocycles. The highest BCUT2D eigenvalue weighted by molar-refractivity contribution is 9.10. The van der Waals surface area contributed by atoms with Crippen LogP contribution in [0.2, 0.25) is 0 Å². The third kappa shape index (κ3) is 5.40. The predicted molar refractivity (Wildman–Crippen MR) is 107 cm³/mol. The summed E-state index contributed by atoms with van der Waals surface area (Å²) in [6.45, 7) is 0. The number of halogens is 2. The molecular formula is C21H16BrFN2O3. The zero-order valence-corrected chi connectivity index (χ0v) is 16.2. The fraction of sp³-hybridized carbons (Fsp3) is 0.0476. The zero-order valence-electron chi connectivity index (χ0n) is 14.6. The van der Waals surface area contributed by atoms with Crippen molar-refractivity contribution in [2.45, 2.75) is 6.42 Å². The molecule has 7 heteroatoms. The van der Waals surface area contributed by atoms with E-state index >= 15 is 0 Å². The van der Waals surface area contributed by atoms with Gasteiger partial charge in [-0.15, -0.1) is 0 Å². The lowest BCUT2D eigenvalue weighted by molar-refractivity contribution is -0.126. The van der Waals surface area contributed by atoms with Gasteiger partial charge in [-0.1, -0.05) is 34.1 Å². The molecular weight excluding hydrogens is 427 g/mol. The topological polar surface area (TPSA) is 71.3 Å². The van der Waals surface area contributed by atoms with Crippen LogP contribution < -0.4 is 10.9 Å². The molecule has 2 aromatic carbocycles. The lowest BCUT2D eigenvalue weighted by Crippen LogP contribution is -2.41. The highest BCUT2D eigenvalue weighted by atomic mass is 79.9. The number of amides is 2. The maximum atomic E-state index is 13.6. The van der Waals surface area contributed by atoms with E-state index in [1.807, 2.05) is 24.3 Å². The number of carbonyl (C=O) groups is 2. The largest absolute Gasteiger partial charge is 0.472 e. The SMILES string of the molecule is O=C(/C=C/c1ccc(F)cc1-c1ccoc1)NNC(=O)Cc1cccc(Br)c1. The molecule has 3 rings (SSSR count). The Bertz CT molecular complexity index is 1020. The monoisotopic (exact) mass is 442 g/mol. The van der Waals surface area contributed by atoms with Crippen molar-refractivity contribution in [2.75, 3.05) is 0 Å². The molecule has 28 heavy (non-hydrogen) atoms. The Labute approximate surface area is 169 Å². The van der Waals surface area contributed by atoms with E-state index in [0.29, 0.717) is 16.7 Å². The Kier molecular flexibility index (Phi) is 6.39. The molecule has 0 spiro atoms. The molecule has 0 aliphatic rings. The molecule has 0 aliphatic heterocycles. The normalized spacial score (nSPS) is 10.8. The maximum absolute atomic E-state index is 13.6. The molecule has 0 bridgehead atoms. The average Bonchev–Trinajstić information content (AvgIpc) is 3.20. The van der Waals surface area contributed by atoms with Gasteiger partial charge in [-0.25, -0.2) is 4.39 Å². The minimum Gasteiger partial charge on any atom is -0.472 e. The Morgan fingerprint density at radius 3 is 2.71 bits per heavy atom. The lowest BCUT2D eigenvalue weighted by Gasteiger charge is -2.06. The zero-order chi connectivity index (χ0) is 19.9. The first-order valence-electron chi connectivity index (χ1n) is 8.35. The van der Waals surface area contributed by atoms with Crippen molar-refractivity contribution in [3.05, 3.63) is 88.6 Å². The fourth-order valence-corrected chi connectivity index (χ4v) is 3.00. The summed E-state index contributed by atoms with van der Waals surface area (Å²) in [6.07, 6.45) is 5.91. The highest BCUT2D eigenvalue weighted by Gasteiger charge is 2.08. The Hall–Kier alpha value is -3.19. The quantitative estimate of drug-likeness (QED) is 0.458. The van der Waals surface area contributed by atoms with E-state index in [9.17, 15) is 14.0 Å². The van der Waals surface area contributed by atoms with Gasteiger partial charge in [0.05, 0.1) is 18.9 Å². The van der Waals surface area contributed by atoms with Crippen LogP contribution in [-0.2, 0) is 16.0 Å². The van der Waals surface area contributed by atoms with Gasteiger partial charge < -0.3 is 4.42 Å². The van der Waals surface area contributed by atoms with Gasteiger partial charge in [0.15, 0.2) is 0 Å². The second kappa shape index (κ2) is 9.14.